The zero-order valence-electron chi connectivity index (χ0n) is 18.7. The predicted octanol–water partition coefficient (Wildman–Crippen LogP) is 2.26. The summed E-state index contributed by atoms with van der Waals surface area (Å²) in [5, 5.41) is 3.02. The molecule has 176 valence electrons. The van der Waals surface area contributed by atoms with Crippen molar-refractivity contribution in [3.8, 4) is 0 Å². The van der Waals surface area contributed by atoms with E-state index in [4.69, 9.17) is 0 Å². The van der Waals surface area contributed by atoms with E-state index in [1.807, 2.05) is 13.8 Å². The Hall–Kier alpha value is -1.75. The fourth-order valence-electron chi connectivity index (χ4n) is 4.66. The Morgan fingerprint density at radius 1 is 1.16 bits per heavy atom. The number of sulfonamides is 1. The number of piperidine rings is 1. The maximum atomic E-state index is 13.2. The lowest BCUT2D eigenvalue weighted by Crippen LogP contribution is -2.44. The minimum Gasteiger partial charge on any atom is -0.355 e. The Morgan fingerprint density at radius 3 is 2.50 bits per heavy atom. The molecule has 0 atom stereocenters. The van der Waals surface area contributed by atoms with Gasteiger partial charge in [0.1, 0.15) is 0 Å². The van der Waals surface area contributed by atoms with Gasteiger partial charge in [0.25, 0.3) is 0 Å². The lowest BCUT2D eigenvalue weighted by molar-refractivity contribution is -0.126. The Balaban J connectivity index is 1.37. The van der Waals surface area contributed by atoms with E-state index >= 15 is 0 Å². The number of benzene rings is 1. The molecule has 1 N–H and O–H groups in total. The van der Waals surface area contributed by atoms with Gasteiger partial charge in [-0.15, -0.1) is 0 Å². The third-order valence-electron chi connectivity index (χ3n) is 6.49. The van der Waals surface area contributed by atoms with Gasteiger partial charge < -0.3 is 10.2 Å². The molecule has 2 aromatic rings. The van der Waals surface area contributed by atoms with Gasteiger partial charge in [0.2, 0.25) is 15.9 Å². The van der Waals surface area contributed by atoms with Crippen LogP contribution in [0.5, 0.6) is 0 Å². The molecule has 8 nitrogen and oxygen atoms in total. The van der Waals surface area contributed by atoms with Crippen LogP contribution in [0, 0.1) is 5.92 Å². The van der Waals surface area contributed by atoms with Crippen molar-refractivity contribution in [3.05, 3.63) is 27.9 Å². The first kappa shape index (κ1) is 23.4. The lowest BCUT2D eigenvalue weighted by Gasteiger charge is -2.30. The van der Waals surface area contributed by atoms with Gasteiger partial charge >= 0.3 is 4.87 Å². The minimum atomic E-state index is -3.66. The molecule has 2 aliphatic heterocycles. The molecule has 1 aromatic heterocycles. The molecule has 32 heavy (non-hydrogen) atoms. The molecule has 2 saturated heterocycles. The average Bonchev–Trinajstić information content (AvgIpc) is 3.39. The van der Waals surface area contributed by atoms with Crippen molar-refractivity contribution in [1.82, 2.24) is 19.1 Å². The molecular weight excluding hydrogens is 448 g/mol. The summed E-state index contributed by atoms with van der Waals surface area (Å²) >= 11 is 1.07. The molecule has 0 radical (unpaired) electrons. The number of nitrogens with one attached hydrogen (secondary N) is 1. The van der Waals surface area contributed by atoms with Crippen molar-refractivity contribution in [1.29, 1.82) is 0 Å². The highest BCUT2D eigenvalue weighted by Gasteiger charge is 2.32. The number of likely N-dealkylation sites (tertiary alicyclic amines) is 1. The van der Waals surface area contributed by atoms with Gasteiger partial charge in [-0.2, -0.15) is 4.31 Å². The van der Waals surface area contributed by atoms with Crippen molar-refractivity contribution >= 4 is 37.5 Å². The molecule has 0 spiro atoms. The van der Waals surface area contributed by atoms with E-state index in [0.717, 1.165) is 36.5 Å². The van der Waals surface area contributed by atoms with E-state index in [-0.39, 0.29) is 27.6 Å². The average molecular weight is 481 g/mol. The van der Waals surface area contributed by atoms with Crippen LogP contribution < -0.4 is 10.2 Å². The number of carbonyl (C=O) groups excluding carboxylic acids is 1. The van der Waals surface area contributed by atoms with Gasteiger partial charge in [-0.05, 0) is 70.8 Å². The van der Waals surface area contributed by atoms with Crippen molar-refractivity contribution in [2.75, 3.05) is 39.3 Å². The Kier molecular flexibility index (Phi) is 7.04. The molecule has 3 heterocycles. The van der Waals surface area contributed by atoms with Crippen LogP contribution >= 0.6 is 11.3 Å². The van der Waals surface area contributed by atoms with Crippen molar-refractivity contribution < 1.29 is 13.2 Å². The normalized spacial score (nSPS) is 19.2. The molecular formula is C22H32N4O4S2. The maximum absolute atomic E-state index is 13.2. The van der Waals surface area contributed by atoms with Crippen LogP contribution in [0.15, 0.2) is 27.9 Å². The van der Waals surface area contributed by atoms with Crippen LogP contribution in [0.4, 0.5) is 0 Å². The highest BCUT2D eigenvalue weighted by Crippen LogP contribution is 2.28. The van der Waals surface area contributed by atoms with Crippen LogP contribution in [0.25, 0.3) is 10.2 Å². The summed E-state index contributed by atoms with van der Waals surface area (Å²) < 4.78 is 30.2. The molecule has 0 aliphatic carbocycles. The summed E-state index contributed by atoms with van der Waals surface area (Å²) in [6.07, 6.45) is 3.51. The number of aromatic nitrogens is 1. The SMILES string of the molecule is CC(C)n1c(=O)sc2cc(S(=O)(=O)N3CCC(C(=O)NCCN4CCCC4)CC3)ccc21. The zero-order valence-corrected chi connectivity index (χ0v) is 20.4. The highest BCUT2D eigenvalue weighted by atomic mass is 32.2. The number of hydrogen-bond donors (Lipinski definition) is 1. The summed E-state index contributed by atoms with van der Waals surface area (Å²) in [6, 6.07) is 4.92. The van der Waals surface area contributed by atoms with Crippen LogP contribution in [0.1, 0.15) is 45.6 Å². The number of nitrogens with zero attached hydrogens (tertiary/aromatic N) is 3. The third kappa shape index (κ3) is 4.78. The first-order valence-corrected chi connectivity index (χ1v) is 13.7. The molecule has 2 aliphatic rings. The Bertz CT molecular complexity index is 1120. The van der Waals surface area contributed by atoms with E-state index in [1.54, 1.807) is 22.8 Å². The standard InChI is InChI=1S/C22H32N4O4S2/c1-16(2)26-19-6-5-18(15-20(19)31-22(26)28)32(29,30)25-12-7-17(8-13-25)21(27)23-9-14-24-10-3-4-11-24/h5-6,15-17H,3-4,7-14H2,1-2H3,(H,23,27). The largest absolute Gasteiger partial charge is 0.355 e. The molecule has 4 rings (SSSR count). The van der Waals surface area contributed by atoms with E-state index in [9.17, 15) is 18.0 Å². The maximum Gasteiger partial charge on any atom is 0.308 e. The van der Waals surface area contributed by atoms with Gasteiger partial charge in [-0.25, -0.2) is 8.42 Å². The first-order valence-electron chi connectivity index (χ1n) is 11.4. The van der Waals surface area contributed by atoms with Gasteiger partial charge in [0.05, 0.1) is 15.1 Å². The number of thiazole rings is 1. The number of rotatable bonds is 7. The summed E-state index contributed by atoms with van der Waals surface area (Å²) in [5.74, 6) is -0.115. The van der Waals surface area contributed by atoms with E-state index in [2.05, 4.69) is 10.2 Å². The van der Waals surface area contributed by atoms with Crippen molar-refractivity contribution in [2.45, 2.75) is 50.5 Å². The molecule has 1 aromatic carbocycles. The monoisotopic (exact) mass is 480 g/mol. The smallest absolute Gasteiger partial charge is 0.308 e. The van der Waals surface area contributed by atoms with Crippen LogP contribution in [-0.2, 0) is 14.8 Å². The Morgan fingerprint density at radius 2 is 1.84 bits per heavy atom. The van der Waals surface area contributed by atoms with E-state index in [0.29, 0.717) is 37.2 Å². The van der Waals surface area contributed by atoms with Crippen LogP contribution in [0.3, 0.4) is 0 Å². The number of amides is 1. The molecule has 10 heteroatoms. The summed E-state index contributed by atoms with van der Waals surface area (Å²) in [4.78, 5) is 27.3. The first-order chi connectivity index (χ1) is 15.3. The second kappa shape index (κ2) is 9.62. The van der Waals surface area contributed by atoms with Gasteiger partial charge in [-0.3, -0.25) is 14.2 Å². The summed E-state index contributed by atoms with van der Waals surface area (Å²) in [7, 11) is -3.66. The summed E-state index contributed by atoms with van der Waals surface area (Å²) in [5.41, 5.74) is 0.762. The van der Waals surface area contributed by atoms with Crippen molar-refractivity contribution in [2.24, 2.45) is 5.92 Å². The second-order valence-electron chi connectivity index (χ2n) is 8.98. The zero-order chi connectivity index (χ0) is 22.9. The van der Waals surface area contributed by atoms with Gasteiger partial charge in [0.15, 0.2) is 0 Å². The molecule has 1 amide bonds. The molecule has 0 saturated carbocycles. The van der Waals surface area contributed by atoms with Gasteiger partial charge in [0, 0.05) is 38.1 Å². The molecule has 0 unspecified atom stereocenters. The Labute approximate surface area is 193 Å². The van der Waals surface area contributed by atoms with Crippen LogP contribution in [-0.4, -0.2) is 67.4 Å². The second-order valence-corrected chi connectivity index (χ2v) is 11.9. The quantitative estimate of drug-likeness (QED) is 0.656. The fourth-order valence-corrected chi connectivity index (χ4v) is 7.29. The highest BCUT2D eigenvalue weighted by molar-refractivity contribution is 7.89. The third-order valence-corrected chi connectivity index (χ3v) is 9.30. The van der Waals surface area contributed by atoms with E-state index in [1.165, 1.54) is 17.1 Å². The summed E-state index contributed by atoms with van der Waals surface area (Å²) in [6.45, 7) is 8.27. The number of carbonyl (C=O) groups is 1. The predicted molar refractivity (Wildman–Crippen MR) is 127 cm³/mol. The fraction of sp³-hybridized carbons (Fsp3) is 0.636. The van der Waals surface area contributed by atoms with Crippen LogP contribution in [0.2, 0.25) is 0 Å². The topological polar surface area (TPSA) is 91.7 Å². The minimum absolute atomic E-state index is 0.0132. The molecule has 0 bridgehead atoms. The van der Waals surface area contributed by atoms with Gasteiger partial charge in [-0.1, -0.05) is 11.3 Å². The number of fused-ring (bicyclic) bond motifs is 1. The van der Waals surface area contributed by atoms with E-state index < -0.39 is 10.0 Å². The lowest BCUT2D eigenvalue weighted by atomic mass is 9.97. The molecule has 2 fully saturated rings. The number of hydrogen-bond acceptors (Lipinski definition) is 6. The van der Waals surface area contributed by atoms with Crippen molar-refractivity contribution in [3.63, 3.8) is 0 Å².